The molecule has 1 rings (SSSR count). The molecule has 0 heterocycles. The number of carboxylic acid groups (broad SMARTS) is 1. The van der Waals surface area contributed by atoms with Crippen LogP contribution < -0.4 is 4.74 Å². The van der Waals surface area contributed by atoms with Crippen molar-refractivity contribution in [2.75, 3.05) is 6.61 Å². The minimum Gasteiger partial charge on any atom is -0.482 e. The topological polar surface area (TPSA) is 46.5 Å². The van der Waals surface area contributed by atoms with Gasteiger partial charge in [-0.3, -0.25) is 0 Å². The molecule has 0 aromatic heterocycles. The molecule has 0 aliphatic heterocycles. The van der Waals surface area contributed by atoms with Gasteiger partial charge >= 0.3 is 5.97 Å². The molecule has 0 spiro atoms. The van der Waals surface area contributed by atoms with Gasteiger partial charge in [0.05, 0.1) is 0 Å². The molecule has 1 N–H and O–H groups in total. The largest absolute Gasteiger partial charge is 0.482 e. The van der Waals surface area contributed by atoms with Crippen molar-refractivity contribution in [1.82, 2.24) is 0 Å². The highest BCUT2D eigenvalue weighted by atomic mass is 79.9. The number of carboxylic acids is 1. The van der Waals surface area contributed by atoms with E-state index < -0.39 is 5.97 Å². The third-order valence-corrected chi connectivity index (χ3v) is 2.43. The van der Waals surface area contributed by atoms with Crippen LogP contribution in [-0.2, 0) is 4.79 Å². The molecular weight excluding hydrogens is 236 g/mol. The van der Waals surface area contributed by atoms with E-state index in [9.17, 15) is 4.79 Å². The van der Waals surface area contributed by atoms with Gasteiger partial charge in [-0.2, -0.15) is 0 Å². The standard InChI is InChI=1S/C9H9BrO3/c1-6-7(10)3-2-4-8(6)13-5-9(11)12/h2-4H,5H2,1H3,(H,11,12). The first-order valence-corrected chi connectivity index (χ1v) is 4.50. The van der Waals surface area contributed by atoms with E-state index in [0.717, 1.165) is 10.0 Å². The summed E-state index contributed by atoms with van der Waals surface area (Å²) in [6.45, 7) is 1.55. The van der Waals surface area contributed by atoms with E-state index in [4.69, 9.17) is 9.84 Å². The van der Waals surface area contributed by atoms with Crippen LogP contribution in [0.25, 0.3) is 0 Å². The van der Waals surface area contributed by atoms with Crippen molar-refractivity contribution in [1.29, 1.82) is 0 Å². The maximum Gasteiger partial charge on any atom is 0.341 e. The van der Waals surface area contributed by atoms with Crippen molar-refractivity contribution in [3.63, 3.8) is 0 Å². The molecule has 0 amide bonds. The Morgan fingerprint density at radius 3 is 2.92 bits per heavy atom. The van der Waals surface area contributed by atoms with Crippen LogP contribution in [0.2, 0.25) is 0 Å². The van der Waals surface area contributed by atoms with E-state index >= 15 is 0 Å². The average Bonchev–Trinajstić information content (AvgIpc) is 2.07. The number of benzene rings is 1. The second-order valence-corrected chi connectivity index (χ2v) is 3.40. The fraction of sp³-hybridized carbons (Fsp3) is 0.222. The van der Waals surface area contributed by atoms with Gasteiger partial charge in [-0.1, -0.05) is 22.0 Å². The van der Waals surface area contributed by atoms with E-state index in [1.165, 1.54) is 0 Å². The summed E-state index contributed by atoms with van der Waals surface area (Å²) in [4.78, 5) is 10.2. The van der Waals surface area contributed by atoms with E-state index in [1.807, 2.05) is 13.0 Å². The fourth-order valence-electron chi connectivity index (χ4n) is 0.884. The number of carbonyl (C=O) groups is 1. The van der Waals surface area contributed by atoms with Crippen LogP contribution in [0.1, 0.15) is 5.56 Å². The Kier molecular flexibility index (Phi) is 3.31. The Bertz CT molecular complexity index is 323. The Hall–Kier alpha value is -1.03. The Morgan fingerprint density at radius 2 is 2.31 bits per heavy atom. The lowest BCUT2D eigenvalue weighted by molar-refractivity contribution is -0.139. The van der Waals surface area contributed by atoms with Gasteiger partial charge in [0.2, 0.25) is 0 Å². The van der Waals surface area contributed by atoms with Gasteiger partial charge < -0.3 is 9.84 Å². The maximum atomic E-state index is 10.2. The molecule has 0 fully saturated rings. The summed E-state index contributed by atoms with van der Waals surface area (Å²) in [5.41, 5.74) is 0.906. The maximum absolute atomic E-state index is 10.2. The number of rotatable bonds is 3. The first-order chi connectivity index (χ1) is 6.11. The monoisotopic (exact) mass is 244 g/mol. The predicted molar refractivity (Wildman–Crippen MR) is 52.0 cm³/mol. The highest BCUT2D eigenvalue weighted by molar-refractivity contribution is 9.10. The van der Waals surface area contributed by atoms with Gasteiger partial charge in [-0.05, 0) is 19.1 Å². The summed E-state index contributed by atoms with van der Waals surface area (Å²) in [6, 6.07) is 5.42. The van der Waals surface area contributed by atoms with Crippen molar-refractivity contribution < 1.29 is 14.6 Å². The first kappa shape index (κ1) is 10.1. The van der Waals surface area contributed by atoms with Crippen LogP contribution in [-0.4, -0.2) is 17.7 Å². The summed E-state index contributed by atoms with van der Waals surface area (Å²) >= 11 is 3.33. The average molecular weight is 245 g/mol. The third kappa shape index (κ3) is 2.73. The minimum atomic E-state index is -0.973. The van der Waals surface area contributed by atoms with Crippen molar-refractivity contribution in [3.8, 4) is 5.75 Å². The molecule has 13 heavy (non-hydrogen) atoms. The van der Waals surface area contributed by atoms with Gasteiger partial charge in [0.1, 0.15) is 5.75 Å². The van der Waals surface area contributed by atoms with Crippen LogP contribution in [0, 0.1) is 6.92 Å². The Balaban J connectivity index is 2.77. The first-order valence-electron chi connectivity index (χ1n) is 3.71. The van der Waals surface area contributed by atoms with Crippen molar-refractivity contribution in [2.45, 2.75) is 6.92 Å². The van der Waals surface area contributed by atoms with Gasteiger partial charge in [0.25, 0.3) is 0 Å². The van der Waals surface area contributed by atoms with Gasteiger partial charge in [-0.15, -0.1) is 0 Å². The highest BCUT2D eigenvalue weighted by Crippen LogP contribution is 2.25. The lowest BCUT2D eigenvalue weighted by Gasteiger charge is -2.07. The molecule has 0 atom stereocenters. The van der Waals surface area contributed by atoms with E-state index in [2.05, 4.69) is 15.9 Å². The molecule has 70 valence electrons. The molecule has 0 saturated carbocycles. The van der Waals surface area contributed by atoms with Crippen LogP contribution in [0.15, 0.2) is 22.7 Å². The molecule has 4 heteroatoms. The fourth-order valence-corrected chi connectivity index (χ4v) is 1.23. The Labute approximate surface area is 84.5 Å². The lowest BCUT2D eigenvalue weighted by Crippen LogP contribution is -2.10. The molecule has 3 nitrogen and oxygen atoms in total. The number of aliphatic carboxylic acids is 1. The van der Waals surface area contributed by atoms with Crippen molar-refractivity contribution >= 4 is 21.9 Å². The molecule has 1 aromatic carbocycles. The van der Waals surface area contributed by atoms with Crippen LogP contribution in [0.5, 0.6) is 5.75 Å². The summed E-state index contributed by atoms with van der Waals surface area (Å²) < 4.78 is 5.96. The molecule has 0 radical (unpaired) electrons. The molecule has 0 aliphatic carbocycles. The minimum absolute atomic E-state index is 0.308. The van der Waals surface area contributed by atoms with Crippen LogP contribution in [0.4, 0.5) is 0 Å². The van der Waals surface area contributed by atoms with Gasteiger partial charge in [-0.25, -0.2) is 4.79 Å². The number of hydrogen-bond acceptors (Lipinski definition) is 2. The molecule has 0 unspecified atom stereocenters. The smallest absolute Gasteiger partial charge is 0.341 e. The molecule has 0 saturated heterocycles. The summed E-state index contributed by atoms with van der Waals surface area (Å²) in [5, 5.41) is 8.40. The summed E-state index contributed by atoms with van der Waals surface area (Å²) in [6.07, 6.45) is 0. The van der Waals surface area contributed by atoms with E-state index in [1.54, 1.807) is 12.1 Å². The van der Waals surface area contributed by atoms with Crippen molar-refractivity contribution in [2.24, 2.45) is 0 Å². The molecular formula is C9H9BrO3. The quantitative estimate of drug-likeness (QED) is 0.888. The zero-order valence-corrected chi connectivity index (χ0v) is 8.67. The summed E-state index contributed by atoms with van der Waals surface area (Å²) in [5.74, 6) is -0.379. The molecule has 0 aliphatic rings. The number of hydrogen-bond donors (Lipinski definition) is 1. The van der Waals surface area contributed by atoms with Crippen molar-refractivity contribution in [3.05, 3.63) is 28.2 Å². The molecule has 0 bridgehead atoms. The Morgan fingerprint density at radius 1 is 1.62 bits per heavy atom. The number of ether oxygens (including phenoxy) is 1. The zero-order chi connectivity index (χ0) is 9.84. The second-order valence-electron chi connectivity index (χ2n) is 2.55. The van der Waals surface area contributed by atoms with Gasteiger partial charge in [0.15, 0.2) is 6.61 Å². The second kappa shape index (κ2) is 4.28. The normalized spacial score (nSPS) is 9.69. The van der Waals surface area contributed by atoms with E-state index in [-0.39, 0.29) is 6.61 Å². The summed E-state index contributed by atoms with van der Waals surface area (Å²) in [7, 11) is 0. The number of halogens is 1. The highest BCUT2D eigenvalue weighted by Gasteiger charge is 2.04. The van der Waals surface area contributed by atoms with Gasteiger partial charge in [0, 0.05) is 10.0 Å². The van der Waals surface area contributed by atoms with Crippen LogP contribution in [0.3, 0.4) is 0 Å². The predicted octanol–water partition coefficient (Wildman–Crippen LogP) is 2.22. The SMILES string of the molecule is Cc1c(Br)cccc1OCC(=O)O. The van der Waals surface area contributed by atoms with Crippen LogP contribution >= 0.6 is 15.9 Å². The van der Waals surface area contributed by atoms with E-state index in [0.29, 0.717) is 5.75 Å². The molecule has 1 aromatic rings. The zero-order valence-electron chi connectivity index (χ0n) is 7.08. The third-order valence-electron chi connectivity index (χ3n) is 1.57. The lowest BCUT2D eigenvalue weighted by atomic mass is 10.2.